The molecule has 3 aliphatic rings. The van der Waals surface area contributed by atoms with Crippen molar-refractivity contribution in [3.8, 4) is 22.3 Å². The van der Waals surface area contributed by atoms with Crippen LogP contribution in [-0.4, -0.2) is 70.6 Å². The number of rotatable bonds is 7. The zero-order valence-electron chi connectivity index (χ0n) is 31.5. The van der Waals surface area contributed by atoms with E-state index in [0.29, 0.717) is 12.1 Å². The van der Waals surface area contributed by atoms with Gasteiger partial charge in [-0.3, -0.25) is 0 Å². The van der Waals surface area contributed by atoms with Crippen molar-refractivity contribution >= 4 is 75.2 Å². The minimum absolute atomic E-state index is 0.0441. The van der Waals surface area contributed by atoms with E-state index in [-0.39, 0.29) is 29.3 Å². The van der Waals surface area contributed by atoms with E-state index in [0.717, 1.165) is 65.5 Å². The number of allylic oxidation sites excluding steroid dienone is 3. The topological polar surface area (TPSA) is 192 Å². The molecule has 0 spiro atoms. The van der Waals surface area contributed by atoms with Gasteiger partial charge < -0.3 is 31.0 Å². The molecule has 2 saturated carbocycles. The van der Waals surface area contributed by atoms with Gasteiger partial charge in [-0.1, -0.05) is 72.7 Å². The molecule has 8 rings (SSSR count). The monoisotopic (exact) mass is 1060 g/mol. The third kappa shape index (κ3) is 11.6. The van der Waals surface area contributed by atoms with Gasteiger partial charge in [0.25, 0.3) is 0 Å². The van der Waals surface area contributed by atoms with Crippen LogP contribution in [0, 0.1) is 0 Å². The van der Waals surface area contributed by atoms with Gasteiger partial charge in [-0.2, -0.15) is 0 Å². The number of carbonyl (C=O) groups is 2. The van der Waals surface area contributed by atoms with Crippen molar-refractivity contribution in [1.29, 1.82) is 0 Å². The molecule has 0 amide bonds. The molecule has 3 aliphatic carbocycles. The predicted octanol–water partition coefficient (Wildman–Crippen LogP) is 8.63. The number of hydrogen-bond donors (Lipinski definition) is 4. The molecule has 296 valence electrons. The molecule has 6 N–H and O–H groups in total. The summed E-state index contributed by atoms with van der Waals surface area (Å²) >= 11 is 8.74. The molecule has 5 aromatic rings. The van der Waals surface area contributed by atoms with Crippen molar-refractivity contribution < 1.29 is 24.2 Å². The fourth-order valence-corrected chi connectivity index (χ4v) is 6.75. The number of aromatic amines is 1. The number of halogens is 3. The van der Waals surface area contributed by atoms with Gasteiger partial charge in [0.1, 0.15) is 5.69 Å². The Bertz CT molecular complexity index is 2140. The van der Waals surface area contributed by atoms with Gasteiger partial charge in [-0.05, 0) is 66.5 Å². The molecule has 2 fully saturated rings. The van der Waals surface area contributed by atoms with Gasteiger partial charge in [0.2, 0.25) is 11.9 Å². The number of anilines is 2. The molecule has 0 atom stereocenters. The third-order valence-corrected chi connectivity index (χ3v) is 10.2. The van der Waals surface area contributed by atoms with Crippen LogP contribution in [0.4, 0.5) is 11.9 Å². The van der Waals surface area contributed by atoms with Crippen molar-refractivity contribution in [2.45, 2.75) is 56.0 Å². The Morgan fingerprint density at radius 3 is 1.56 bits per heavy atom. The van der Waals surface area contributed by atoms with Gasteiger partial charge in [-0.15, -0.1) is 0 Å². The first-order valence-electron chi connectivity index (χ1n) is 18.1. The van der Waals surface area contributed by atoms with E-state index in [1.165, 1.54) is 31.8 Å². The Morgan fingerprint density at radius 1 is 0.702 bits per heavy atom. The Balaban J connectivity index is 0.000000172. The van der Waals surface area contributed by atoms with E-state index < -0.39 is 20.1 Å². The Hall–Kier alpha value is -3.83. The third-order valence-electron chi connectivity index (χ3n) is 10.2. The van der Waals surface area contributed by atoms with Crippen LogP contribution in [0.2, 0.25) is 0 Å². The number of benzene rings is 2. The first kappa shape index (κ1) is 44.3. The summed E-state index contributed by atoms with van der Waals surface area (Å²) in [4.78, 5) is 41.2. The molecular formula is C41H43Br3InN7O5. The molecule has 0 radical (unpaired) electrons. The number of ether oxygens (including phenoxy) is 2. The average molecular weight is 1070 g/mol. The van der Waals surface area contributed by atoms with Crippen molar-refractivity contribution in [2.24, 2.45) is 0 Å². The SMILES string of the molecule is COC(=O)C1=CC=C(C2(c3ccc(-c4cnc(N)nc4)cc3)CCC2)C1.COC(=O)c1ccc[nH]1.Nc1ncc(-c2ccc(C3(O)CCC3)cc2)cn1.[Br][In]([Br])[Br]. The standard InChI is InChI=1S/C21H21N3O2.C14H15N3O.C6H7NO2.3BrH.In/c1-26-19(25)15-5-8-18(11-15)21(9-2-10-21)17-6-3-14(4-7-17)16-12-23-20(22)24-13-16;15-13-16-8-11(9-17-13)10-2-4-12(5-3-10)14(18)6-1-7-14;1-9-6(8)5-3-2-4-7-5;;;;/h3-8,12-13H,2,9-11H2,1H3,(H2,22,23,24);2-5,8-9,18H,1,6-7H2,(H2,15,16,17);2-4,7H,1H3;3*1H;/q;;;;;;+3/p-3. The van der Waals surface area contributed by atoms with Crippen molar-refractivity contribution in [3.63, 3.8) is 0 Å². The fraction of sp³-hybridized carbons (Fsp3) is 0.268. The Morgan fingerprint density at radius 2 is 1.18 bits per heavy atom. The first-order valence-corrected chi connectivity index (χ1v) is 40.3. The summed E-state index contributed by atoms with van der Waals surface area (Å²) in [5, 5.41) is 10.2. The predicted molar refractivity (Wildman–Crippen MR) is 235 cm³/mol. The quantitative estimate of drug-likeness (QED) is 0.114. The van der Waals surface area contributed by atoms with Crippen LogP contribution in [0.25, 0.3) is 22.3 Å². The number of carbonyl (C=O) groups excluding carboxylic acids is 2. The van der Waals surface area contributed by atoms with Crippen LogP contribution in [0.15, 0.2) is 115 Å². The van der Waals surface area contributed by atoms with E-state index in [2.05, 4.69) is 96.9 Å². The second kappa shape index (κ2) is 20.7. The zero-order chi connectivity index (χ0) is 41.0. The van der Waals surface area contributed by atoms with Crippen molar-refractivity contribution in [3.05, 3.63) is 132 Å². The maximum absolute atomic E-state index is 11.8. The molecule has 0 unspecified atom stereocenters. The molecule has 0 saturated heterocycles. The second-order valence-electron chi connectivity index (χ2n) is 13.5. The number of aromatic nitrogens is 5. The number of hydrogen-bond acceptors (Lipinski definition) is 11. The van der Waals surface area contributed by atoms with Gasteiger partial charge >= 0.3 is 63.3 Å². The van der Waals surface area contributed by atoms with E-state index >= 15 is 0 Å². The summed E-state index contributed by atoms with van der Waals surface area (Å²) in [5.74, 6) is -0.00977. The van der Waals surface area contributed by atoms with Crippen LogP contribution in [0.3, 0.4) is 0 Å². The van der Waals surface area contributed by atoms with Crippen LogP contribution in [0.5, 0.6) is 0 Å². The van der Waals surface area contributed by atoms with Crippen LogP contribution < -0.4 is 11.5 Å². The van der Waals surface area contributed by atoms with E-state index in [1.54, 1.807) is 43.1 Å². The number of nitrogen functional groups attached to an aromatic ring is 2. The summed E-state index contributed by atoms with van der Waals surface area (Å²) in [5.41, 5.74) is 19.3. The molecule has 0 aliphatic heterocycles. The van der Waals surface area contributed by atoms with Crippen molar-refractivity contribution in [1.82, 2.24) is 24.9 Å². The number of nitrogens with one attached hydrogen (secondary N) is 1. The zero-order valence-corrected chi connectivity index (χ0v) is 39.6. The van der Waals surface area contributed by atoms with E-state index in [9.17, 15) is 14.7 Å². The average Bonchev–Trinajstić information content (AvgIpc) is 3.92. The summed E-state index contributed by atoms with van der Waals surface area (Å²) < 4.78 is 9.29. The molecule has 57 heavy (non-hydrogen) atoms. The number of nitrogens with two attached hydrogens (primary N) is 2. The maximum atomic E-state index is 11.8. The Labute approximate surface area is 357 Å². The van der Waals surface area contributed by atoms with E-state index in [4.69, 9.17) is 16.2 Å². The number of nitrogens with zero attached hydrogens (tertiary/aromatic N) is 4. The number of H-pyrrole nitrogens is 1. The minimum atomic E-state index is -1.20. The number of aliphatic hydroxyl groups is 1. The summed E-state index contributed by atoms with van der Waals surface area (Å²) in [6.45, 7) is 0. The van der Waals surface area contributed by atoms with Crippen LogP contribution in [-0.2, 0) is 25.3 Å². The van der Waals surface area contributed by atoms with Gasteiger partial charge in [0, 0.05) is 59.5 Å². The molecule has 0 bridgehead atoms. The Kier molecular flexibility index (Phi) is 16.1. The first-order chi connectivity index (χ1) is 27.4. The summed E-state index contributed by atoms with van der Waals surface area (Å²) in [7, 11) is 2.78. The van der Waals surface area contributed by atoms with Gasteiger partial charge in [0.15, 0.2) is 0 Å². The molecule has 12 nitrogen and oxygen atoms in total. The summed E-state index contributed by atoms with van der Waals surface area (Å²) in [6.07, 6.45) is 19.5. The normalized spacial score (nSPS) is 15.5. The molecule has 16 heteroatoms. The number of methoxy groups -OCH3 is 2. The summed E-state index contributed by atoms with van der Waals surface area (Å²) in [6, 6.07) is 19.9. The van der Waals surface area contributed by atoms with Gasteiger partial charge in [-0.25, -0.2) is 29.5 Å². The van der Waals surface area contributed by atoms with Crippen LogP contribution >= 0.6 is 36.9 Å². The van der Waals surface area contributed by atoms with Crippen molar-refractivity contribution in [2.75, 3.05) is 25.7 Å². The second-order valence-corrected chi connectivity index (χ2v) is 58.1. The van der Waals surface area contributed by atoms with E-state index in [1.807, 2.05) is 30.3 Å². The number of esters is 2. The van der Waals surface area contributed by atoms with Gasteiger partial charge in [0.05, 0.1) is 19.8 Å². The van der Waals surface area contributed by atoms with Crippen LogP contribution in [0.1, 0.15) is 66.6 Å². The fourth-order valence-electron chi connectivity index (χ4n) is 6.75. The molecule has 3 aromatic heterocycles. The molecule has 3 heterocycles. The molecule has 2 aromatic carbocycles. The molecular weight excluding hydrogens is 1030 g/mol.